The average Bonchev–Trinajstić information content (AvgIpc) is 3.12. The van der Waals surface area contributed by atoms with E-state index in [1.807, 2.05) is 60.7 Å². The number of amides is 1. The Labute approximate surface area is 204 Å². The average molecular weight is 531 g/mol. The van der Waals surface area contributed by atoms with Crippen LogP contribution in [0.15, 0.2) is 83.5 Å². The van der Waals surface area contributed by atoms with Crippen LogP contribution in [0.25, 0.3) is 0 Å². The maximum atomic E-state index is 12.8. The summed E-state index contributed by atoms with van der Waals surface area (Å²) in [6.45, 7) is 0.850. The molecule has 1 heterocycles. The van der Waals surface area contributed by atoms with Crippen molar-refractivity contribution in [1.29, 1.82) is 0 Å². The second-order valence-electron chi connectivity index (χ2n) is 7.05. The van der Waals surface area contributed by atoms with Crippen molar-refractivity contribution >= 4 is 50.9 Å². The van der Waals surface area contributed by atoms with Crippen molar-refractivity contribution in [3.8, 4) is 5.75 Å². The minimum Gasteiger partial charge on any atom is -0.489 e. The third-order valence-corrected chi connectivity index (χ3v) is 5.62. The molecule has 1 amide bonds. The second kappa shape index (κ2) is 10.2. The van der Waals surface area contributed by atoms with Crippen molar-refractivity contribution < 1.29 is 9.53 Å². The Morgan fingerprint density at radius 1 is 1.00 bits per heavy atom. The van der Waals surface area contributed by atoms with Gasteiger partial charge < -0.3 is 10.1 Å². The van der Waals surface area contributed by atoms with Gasteiger partial charge in [0.05, 0.1) is 6.54 Å². The summed E-state index contributed by atoms with van der Waals surface area (Å²) in [6.07, 6.45) is 1.67. The standard InChI is InChI=1S/C24H18BrCl2N3O2/c25-19-5-2-6-21(12-19)32-15-17-3-1-4-18(11-17)24(31)28-23-22(27)14-30(29-23)13-16-7-9-20(26)10-8-16/h1-12,14H,13,15H2,(H,28,29,31). The van der Waals surface area contributed by atoms with Gasteiger partial charge in [-0.1, -0.05) is 69.5 Å². The Kier molecular flexibility index (Phi) is 7.15. The van der Waals surface area contributed by atoms with E-state index in [2.05, 4.69) is 26.3 Å². The first-order valence-corrected chi connectivity index (χ1v) is 11.3. The van der Waals surface area contributed by atoms with Gasteiger partial charge >= 0.3 is 0 Å². The van der Waals surface area contributed by atoms with Crippen LogP contribution in [0.2, 0.25) is 10.0 Å². The fourth-order valence-corrected chi connectivity index (χ4v) is 3.75. The number of nitrogens with zero attached hydrogens (tertiary/aromatic N) is 2. The fraction of sp³-hybridized carbons (Fsp3) is 0.0833. The van der Waals surface area contributed by atoms with Crippen molar-refractivity contribution in [2.75, 3.05) is 5.32 Å². The molecule has 4 aromatic rings. The van der Waals surface area contributed by atoms with Gasteiger partial charge in [0.25, 0.3) is 5.91 Å². The van der Waals surface area contributed by atoms with Crippen LogP contribution in [0.4, 0.5) is 5.82 Å². The van der Waals surface area contributed by atoms with Gasteiger partial charge in [-0.15, -0.1) is 0 Å². The van der Waals surface area contributed by atoms with Crippen LogP contribution in [0.5, 0.6) is 5.75 Å². The van der Waals surface area contributed by atoms with Crippen LogP contribution in [0, 0.1) is 0 Å². The normalized spacial score (nSPS) is 10.7. The second-order valence-corrected chi connectivity index (χ2v) is 8.81. The number of hydrogen-bond acceptors (Lipinski definition) is 3. The lowest BCUT2D eigenvalue weighted by Gasteiger charge is -2.08. The van der Waals surface area contributed by atoms with Gasteiger partial charge in [-0.25, -0.2) is 0 Å². The van der Waals surface area contributed by atoms with E-state index in [4.69, 9.17) is 27.9 Å². The summed E-state index contributed by atoms with van der Waals surface area (Å²) < 4.78 is 8.42. The smallest absolute Gasteiger partial charge is 0.256 e. The van der Waals surface area contributed by atoms with E-state index >= 15 is 0 Å². The van der Waals surface area contributed by atoms with Gasteiger partial charge in [-0.05, 0) is 53.6 Å². The summed E-state index contributed by atoms with van der Waals surface area (Å²) >= 11 is 15.6. The number of rotatable bonds is 7. The summed E-state index contributed by atoms with van der Waals surface area (Å²) in [7, 11) is 0. The van der Waals surface area contributed by atoms with Crippen LogP contribution in [-0.4, -0.2) is 15.7 Å². The van der Waals surface area contributed by atoms with E-state index in [1.54, 1.807) is 23.0 Å². The van der Waals surface area contributed by atoms with Crippen LogP contribution >= 0.6 is 39.1 Å². The quantitative estimate of drug-likeness (QED) is 0.285. The predicted octanol–water partition coefficient (Wildman–Crippen LogP) is 6.83. The predicted molar refractivity (Wildman–Crippen MR) is 131 cm³/mol. The van der Waals surface area contributed by atoms with Gasteiger partial charge in [0, 0.05) is 21.3 Å². The molecule has 0 unspecified atom stereocenters. The van der Waals surface area contributed by atoms with Crippen molar-refractivity contribution in [3.05, 3.63) is 110 Å². The molecule has 3 aromatic carbocycles. The third kappa shape index (κ3) is 5.91. The number of benzene rings is 3. The Morgan fingerprint density at radius 2 is 1.78 bits per heavy atom. The number of ether oxygens (including phenoxy) is 1. The lowest BCUT2D eigenvalue weighted by molar-refractivity contribution is 0.102. The SMILES string of the molecule is O=C(Nc1nn(Cc2ccc(Cl)cc2)cc1Cl)c1cccc(COc2cccc(Br)c2)c1. The van der Waals surface area contributed by atoms with E-state index in [0.717, 1.165) is 21.3 Å². The minimum atomic E-state index is -0.298. The zero-order valence-electron chi connectivity index (χ0n) is 16.8. The maximum absolute atomic E-state index is 12.8. The highest BCUT2D eigenvalue weighted by molar-refractivity contribution is 9.10. The van der Waals surface area contributed by atoms with E-state index in [9.17, 15) is 4.79 Å². The highest BCUT2D eigenvalue weighted by Crippen LogP contribution is 2.22. The molecule has 0 bridgehead atoms. The molecule has 1 N–H and O–H groups in total. The highest BCUT2D eigenvalue weighted by atomic mass is 79.9. The molecule has 0 aliphatic carbocycles. The number of hydrogen-bond donors (Lipinski definition) is 1. The van der Waals surface area contributed by atoms with Gasteiger partial charge in [0.15, 0.2) is 5.82 Å². The molecular formula is C24H18BrCl2N3O2. The lowest BCUT2D eigenvalue weighted by Crippen LogP contribution is -2.13. The number of halogens is 3. The molecule has 32 heavy (non-hydrogen) atoms. The number of carbonyl (C=O) groups excluding carboxylic acids is 1. The summed E-state index contributed by atoms with van der Waals surface area (Å²) in [5.74, 6) is 0.751. The molecule has 8 heteroatoms. The fourth-order valence-electron chi connectivity index (χ4n) is 3.05. The van der Waals surface area contributed by atoms with Crippen LogP contribution in [0.1, 0.15) is 21.5 Å². The van der Waals surface area contributed by atoms with E-state index in [0.29, 0.717) is 34.6 Å². The molecule has 5 nitrogen and oxygen atoms in total. The van der Waals surface area contributed by atoms with E-state index in [1.165, 1.54) is 0 Å². The summed E-state index contributed by atoms with van der Waals surface area (Å²) in [5.41, 5.74) is 2.38. The number of nitrogens with one attached hydrogen (secondary N) is 1. The first-order valence-electron chi connectivity index (χ1n) is 9.72. The highest BCUT2D eigenvalue weighted by Gasteiger charge is 2.13. The molecule has 0 aliphatic heterocycles. The summed E-state index contributed by atoms with van der Waals surface area (Å²) in [6, 6.07) is 22.3. The van der Waals surface area contributed by atoms with Gasteiger partial charge in [-0.2, -0.15) is 5.10 Å². The first kappa shape index (κ1) is 22.4. The maximum Gasteiger partial charge on any atom is 0.256 e. The Morgan fingerprint density at radius 3 is 2.56 bits per heavy atom. The van der Waals surface area contributed by atoms with Crippen molar-refractivity contribution in [3.63, 3.8) is 0 Å². The van der Waals surface area contributed by atoms with Crippen LogP contribution < -0.4 is 10.1 Å². The molecular weight excluding hydrogens is 513 g/mol. The monoisotopic (exact) mass is 529 g/mol. The van der Waals surface area contributed by atoms with Crippen LogP contribution in [0.3, 0.4) is 0 Å². The zero-order chi connectivity index (χ0) is 22.5. The number of carbonyl (C=O) groups is 1. The van der Waals surface area contributed by atoms with Crippen molar-refractivity contribution in [2.45, 2.75) is 13.2 Å². The third-order valence-electron chi connectivity index (χ3n) is 4.60. The molecule has 0 radical (unpaired) electrons. The van der Waals surface area contributed by atoms with E-state index < -0.39 is 0 Å². The number of anilines is 1. The minimum absolute atomic E-state index is 0.298. The lowest BCUT2D eigenvalue weighted by atomic mass is 10.1. The molecule has 1 aromatic heterocycles. The van der Waals surface area contributed by atoms with Crippen molar-refractivity contribution in [1.82, 2.24) is 9.78 Å². The summed E-state index contributed by atoms with van der Waals surface area (Å²) in [5, 5.41) is 8.20. The zero-order valence-corrected chi connectivity index (χ0v) is 19.9. The molecule has 0 saturated carbocycles. The topological polar surface area (TPSA) is 56.2 Å². The largest absolute Gasteiger partial charge is 0.489 e. The molecule has 0 fully saturated rings. The van der Waals surface area contributed by atoms with Gasteiger partial charge in [0.2, 0.25) is 0 Å². The molecule has 0 atom stereocenters. The molecule has 0 spiro atoms. The van der Waals surface area contributed by atoms with E-state index in [-0.39, 0.29) is 5.91 Å². The Balaban J connectivity index is 1.41. The first-order chi connectivity index (χ1) is 15.5. The van der Waals surface area contributed by atoms with Gasteiger partial charge in [-0.3, -0.25) is 9.48 Å². The molecule has 0 saturated heterocycles. The Hall–Kier alpha value is -2.80. The molecule has 0 aliphatic rings. The summed E-state index contributed by atoms with van der Waals surface area (Å²) in [4.78, 5) is 12.8. The van der Waals surface area contributed by atoms with Gasteiger partial charge in [0.1, 0.15) is 17.4 Å². The van der Waals surface area contributed by atoms with Crippen LogP contribution in [-0.2, 0) is 13.2 Å². The van der Waals surface area contributed by atoms with Crippen molar-refractivity contribution in [2.24, 2.45) is 0 Å². The number of aromatic nitrogens is 2. The molecule has 4 rings (SSSR count). The molecule has 162 valence electrons. The Bertz CT molecular complexity index is 1240.